The lowest BCUT2D eigenvalue weighted by Gasteiger charge is -2.35. The summed E-state index contributed by atoms with van der Waals surface area (Å²) in [4.78, 5) is 6.43. The molecule has 1 atom stereocenters. The number of sulfonamides is 1. The Morgan fingerprint density at radius 3 is 2.86 bits per heavy atom. The Labute approximate surface area is 135 Å². The normalized spacial score (nSPS) is 20.2. The molecule has 1 aliphatic heterocycles. The van der Waals surface area contributed by atoms with E-state index in [1.54, 1.807) is 22.8 Å². The molecule has 5 nitrogen and oxygen atoms in total. The monoisotopic (exact) mass is 337 g/mol. The second-order valence-electron chi connectivity index (χ2n) is 5.40. The van der Waals surface area contributed by atoms with Crippen LogP contribution in [0, 0.1) is 13.8 Å². The quantitative estimate of drug-likeness (QED) is 0.932. The number of aryl methyl sites for hydroxylation is 2. The molecule has 0 amide bonds. The van der Waals surface area contributed by atoms with Gasteiger partial charge in [-0.1, -0.05) is 6.07 Å². The minimum absolute atomic E-state index is 0.216. The van der Waals surface area contributed by atoms with Gasteiger partial charge in [-0.15, -0.1) is 11.3 Å². The van der Waals surface area contributed by atoms with E-state index >= 15 is 0 Å². The number of piperazine rings is 1. The summed E-state index contributed by atoms with van der Waals surface area (Å²) in [5.41, 5.74) is 0.919. The Bertz CT molecular complexity index is 756. The highest BCUT2D eigenvalue weighted by Gasteiger charge is 2.35. The fraction of sp³-hybridized carbons (Fsp3) is 0.400. The van der Waals surface area contributed by atoms with Crippen molar-refractivity contribution in [3.63, 3.8) is 0 Å². The van der Waals surface area contributed by atoms with E-state index in [4.69, 9.17) is 0 Å². The van der Waals surface area contributed by atoms with Crippen molar-refractivity contribution in [1.82, 2.24) is 14.6 Å². The van der Waals surface area contributed by atoms with Gasteiger partial charge >= 0.3 is 0 Å². The average Bonchev–Trinajstić information content (AvgIpc) is 2.87. The topological polar surface area (TPSA) is 62.3 Å². The van der Waals surface area contributed by atoms with Gasteiger partial charge in [0, 0.05) is 41.8 Å². The maximum Gasteiger partial charge on any atom is 0.244 e. The molecular formula is C15H19N3O2S2. The molecule has 0 saturated carbocycles. The molecule has 1 unspecified atom stereocenters. The number of thiophene rings is 1. The first-order chi connectivity index (χ1) is 10.5. The van der Waals surface area contributed by atoms with Gasteiger partial charge in [-0.3, -0.25) is 4.98 Å². The van der Waals surface area contributed by atoms with Crippen molar-refractivity contribution < 1.29 is 8.42 Å². The third kappa shape index (κ3) is 2.81. The first-order valence-electron chi connectivity index (χ1n) is 7.19. The molecule has 0 spiro atoms. The largest absolute Gasteiger partial charge is 0.313 e. The molecule has 1 fully saturated rings. The summed E-state index contributed by atoms with van der Waals surface area (Å²) in [7, 11) is -3.49. The van der Waals surface area contributed by atoms with Crippen LogP contribution >= 0.6 is 11.3 Å². The van der Waals surface area contributed by atoms with Crippen LogP contribution in [0.2, 0.25) is 0 Å². The molecule has 0 radical (unpaired) electrons. The van der Waals surface area contributed by atoms with Gasteiger partial charge in [0.15, 0.2) is 0 Å². The number of pyridine rings is 1. The van der Waals surface area contributed by atoms with Gasteiger partial charge in [0.05, 0.1) is 10.9 Å². The summed E-state index contributed by atoms with van der Waals surface area (Å²) in [5, 5.41) is 3.28. The van der Waals surface area contributed by atoms with Gasteiger partial charge in [0.25, 0.3) is 0 Å². The summed E-state index contributed by atoms with van der Waals surface area (Å²) in [6.45, 7) is 5.54. The zero-order valence-electron chi connectivity index (χ0n) is 12.6. The van der Waals surface area contributed by atoms with Crippen molar-refractivity contribution >= 4 is 21.4 Å². The number of aromatic nitrogens is 1. The van der Waals surface area contributed by atoms with Gasteiger partial charge in [-0.2, -0.15) is 4.31 Å². The fourth-order valence-electron chi connectivity index (χ4n) is 2.82. The maximum absolute atomic E-state index is 13.1. The van der Waals surface area contributed by atoms with Gasteiger partial charge < -0.3 is 5.32 Å². The summed E-state index contributed by atoms with van der Waals surface area (Å²) < 4.78 is 27.8. The third-order valence-electron chi connectivity index (χ3n) is 3.85. The number of hydrogen-bond donors (Lipinski definition) is 1. The van der Waals surface area contributed by atoms with E-state index in [2.05, 4.69) is 10.3 Å². The van der Waals surface area contributed by atoms with Crippen LogP contribution in [0.1, 0.15) is 21.4 Å². The number of rotatable bonds is 3. The van der Waals surface area contributed by atoms with E-state index in [1.807, 2.05) is 26.0 Å². The van der Waals surface area contributed by atoms with Crippen molar-refractivity contribution in [1.29, 1.82) is 0 Å². The maximum atomic E-state index is 13.1. The molecule has 1 N–H and O–H groups in total. The van der Waals surface area contributed by atoms with Crippen LogP contribution in [0.3, 0.4) is 0 Å². The van der Waals surface area contributed by atoms with Gasteiger partial charge in [0.2, 0.25) is 10.0 Å². The highest BCUT2D eigenvalue weighted by molar-refractivity contribution is 7.89. The molecule has 0 aliphatic carbocycles. The second-order valence-corrected chi connectivity index (χ2v) is 8.72. The minimum atomic E-state index is -3.49. The molecule has 3 rings (SSSR count). The molecule has 0 aromatic carbocycles. The van der Waals surface area contributed by atoms with E-state index in [-0.39, 0.29) is 6.04 Å². The van der Waals surface area contributed by atoms with Crippen LogP contribution in [0.15, 0.2) is 35.5 Å². The molecule has 1 aliphatic rings. The highest BCUT2D eigenvalue weighted by Crippen LogP contribution is 2.33. The van der Waals surface area contributed by atoms with Crippen molar-refractivity contribution in [2.75, 3.05) is 19.6 Å². The van der Waals surface area contributed by atoms with Crippen molar-refractivity contribution in [2.24, 2.45) is 0 Å². The molecule has 2 aromatic rings. The van der Waals surface area contributed by atoms with Gasteiger partial charge in [-0.25, -0.2) is 8.42 Å². The minimum Gasteiger partial charge on any atom is -0.313 e. The Morgan fingerprint density at radius 2 is 2.23 bits per heavy atom. The summed E-state index contributed by atoms with van der Waals surface area (Å²) in [6, 6.07) is 5.33. The predicted octanol–water partition coefficient (Wildman–Crippen LogP) is 2.10. The van der Waals surface area contributed by atoms with Crippen LogP contribution in [-0.4, -0.2) is 37.3 Å². The standard InChI is InChI=1S/C15H19N3O2S2/c1-11-8-15(12(2)21-11)22(19,20)18-7-6-17-10-14(18)13-4-3-5-16-9-13/h3-5,8-9,14,17H,6-7,10H2,1-2H3. The summed E-state index contributed by atoms with van der Waals surface area (Å²) in [5.74, 6) is 0. The first kappa shape index (κ1) is 15.6. The lowest BCUT2D eigenvalue weighted by atomic mass is 10.1. The fourth-order valence-corrected chi connectivity index (χ4v) is 5.96. The van der Waals surface area contributed by atoms with E-state index in [1.165, 1.54) is 11.3 Å². The van der Waals surface area contributed by atoms with Gasteiger partial charge in [0.1, 0.15) is 0 Å². The lowest BCUT2D eigenvalue weighted by molar-refractivity contribution is 0.271. The van der Waals surface area contributed by atoms with Crippen LogP contribution in [0.5, 0.6) is 0 Å². The van der Waals surface area contributed by atoms with Crippen molar-refractivity contribution in [3.05, 3.63) is 45.9 Å². The zero-order valence-corrected chi connectivity index (χ0v) is 14.2. The van der Waals surface area contributed by atoms with Crippen molar-refractivity contribution in [2.45, 2.75) is 24.8 Å². The predicted molar refractivity (Wildman–Crippen MR) is 87.5 cm³/mol. The molecule has 0 bridgehead atoms. The smallest absolute Gasteiger partial charge is 0.244 e. The summed E-state index contributed by atoms with van der Waals surface area (Å²) >= 11 is 1.52. The van der Waals surface area contributed by atoms with Crippen LogP contribution in [-0.2, 0) is 10.0 Å². The van der Waals surface area contributed by atoms with E-state index < -0.39 is 10.0 Å². The van der Waals surface area contributed by atoms with Crippen LogP contribution in [0.25, 0.3) is 0 Å². The van der Waals surface area contributed by atoms with Crippen LogP contribution < -0.4 is 5.32 Å². The molecule has 7 heteroatoms. The SMILES string of the molecule is Cc1cc(S(=O)(=O)N2CCNCC2c2cccnc2)c(C)s1. The van der Waals surface area contributed by atoms with E-state index in [0.29, 0.717) is 24.5 Å². The Balaban J connectivity index is 2.02. The van der Waals surface area contributed by atoms with Crippen LogP contribution in [0.4, 0.5) is 0 Å². The van der Waals surface area contributed by atoms with E-state index in [9.17, 15) is 8.42 Å². The molecular weight excluding hydrogens is 318 g/mol. The highest BCUT2D eigenvalue weighted by atomic mass is 32.2. The first-order valence-corrected chi connectivity index (χ1v) is 9.45. The Hall–Kier alpha value is -1.28. The van der Waals surface area contributed by atoms with Gasteiger partial charge in [-0.05, 0) is 31.5 Å². The second kappa shape index (κ2) is 6.08. The number of hydrogen-bond acceptors (Lipinski definition) is 5. The Morgan fingerprint density at radius 1 is 1.41 bits per heavy atom. The average molecular weight is 337 g/mol. The van der Waals surface area contributed by atoms with Crippen molar-refractivity contribution in [3.8, 4) is 0 Å². The molecule has 118 valence electrons. The zero-order chi connectivity index (χ0) is 15.7. The number of nitrogens with one attached hydrogen (secondary N) is 1. The molecule has 2 aromatic heterocycles. The lowest BCUT2D eigenvalue weighted by Crippen LogP contribution is -2.48. The molecule has 3 heterocycles. The molecule has 22 heavy (non-hydrogen) atoms. The summed E-state index contributed by atoms with van der Waals surface area (Å²) in [6.07, 6.45) is 3.44. The number of nitrogens with zero attached hydrogens (tertiary/aromatic N) is 2. The third-order valence-corrected chi connectivity index (χ3v) is 6.98. The molecule has 1 saturated heterocycles. The Kier molecular flexibility index (Phi) is 4.31. The van der Waals surface area contributed by atoms with E-state index in [0.717, 1.165) is 15.3 Å².